The molecule has 2 aliphatic carbocycles. The van der Waals surface area contributed by atoms with Crippen molar-refractivity contribution in [2.75, 3.05) is 34.7 Å². The van der Waals surface area contributed by atoms with Gasteiger partial charge in [0.15, 0.2) is 0 Å². The van der Waals surface area contributed by atoms with E-state index in [0.29, 0.717) is 17.6 Å². The maximum absolute atomic E-state index is 3.55. The summed E-state index contributed by atoms with van der Waals surface area (Å²) < 4.78 is 0. The van der Waals surface area contributed by atoms with Gasteiger partial charge in [-0.05, 0) is 65.0 Å². The SMILES string of the molecule is CNC1c2ccccc2CC1N(C)CC1(N(C)C)CCC1. The van der Waals surface area contributed by atoms with E-state index in [4.69, 9.17) is 0 Å². The van der Waals surface area contributed by atoms with Crippen LogP contribution in [0.3, 0.4) is 0 Å². The average molecular weight is 287 g/mol. The van der Waals surface area contributed by atoms with Crippen molar-refractivity contribution in [2.24, 2.45) is 0 Å². The molecule has 3 heteroatoms. The highest BCUT2D eigenvalue weighted by molar-refractivity contribution is 5.37. The summed E-state index contributed by atoms with van der Waals surface area (Å²) in [6.07, 6.45) is 5.23. The first-order chi connectivity index (χ1) is 10.1. The zero-order chi connectivity index (χ0) is 15.0. The first-order valence-corrected chi connectivity index (χ1v) is 8.20. The number of likely N-dealkylation sites (N-methyl/N-ethyl adjacent to an activating group) is 3. The van der Waals surface area contributed by atoms with E-state index in [1.165, 1.54) is 43.4 Å². The second-order valence-electron chi connectivity index (χ2n) is 7.12. The second kappa shape index (κ2) is 5.71. The number of hydrogen-bond donors (Lipinski definition) is 1. The molecule has 0 saturated heterocycles. The largest absolute Gasteiger partial charge is 0.312 e. The third-order valence-corrected chi connectivity index (χ3v) is 5.86. The minimum absolute atomic E-state index is 0.405. The van der Waals surface area contributed by atoms with Crippen molar-refractivity contribution in [1.29, 1.82) is 0 Å². The van der Waals surface area contributed by atoms with Gasteiger partial charge >= 0.3 is 0 Å². The van der Waals surface area contributed by atoms with Crippen molar-refractivity contribution in [3.8, 4) is 0 Å². The van der Waals surface area contributed by atoms with E-state index < -0.39 is 0 Å². The van der Waals surface area contributed by atoms with Gasteiger partial charge in [-0.3, -0.25) is 4.90 Å². The lowest BCUT2D eigenvalue weighted by atomic mass is 9.75. The Morgan fingerprint density at radius 2 is 1.90 bits per heavy atom. The maximum Gasteiger partial charge on any atom is 0.0481 e. The third-order valence-electron chi connectivity index (χ3n) is 5.86. The number of nitrogens with zero attached hydrogens (tertiary/aromatic N) is 2. The Bertz CT molecular complexity index is 493. The summed E-state index contributed by atoms with van der Waals surface area (Å²) in [4.78, 5) is 5.05. The summed E-state index contributed by atoms with van der Waals surface area (Å²) in [7, 11) is 8.89. The molecule has 2 aliphatic rings. The van der Waals surface area contributed by atoms with Crippen LogP contribution >= 0.6 is 0 Å². The summed E-state index contributed by atoms with van der Waals surface area (Å²) in [5, 5.41) is 3.55. The fourth-order valence-electron chi connectivity index (χ4n) is 4.25. The van der Waals surface area contributed by atoms with Crippen molar-refractivity contribution < 1.29 is 0 Å². The van der Waals surface area contributed by atoms with Crippen LogP contribution in [0.5, 0.6) is 0 Å². The van der Waals surface area contributed by atoms with Crippen molar-refractivity contribution >= 4 is 0 Å². The molecule has 0 bridgehead atoms. The summed E-state index contributed by atoms with van der Waals surface area (Å²) in [6.45, 7) is 1.18. The fraction of sp³-hybridized carbons (Fsp3) is 0.667. The standard InChI is InChI=1S/C18H29N3/c1-19-17-15-9-6-5-8-14(15)12-16(17)21(4)13-18(20(2)3)10-7-11-18/h5-6,8-9,16-17,19H,7,10-13H2,1-4H3. The fourth-order valence-corrected chi connectivity index (χ4v) is 4.25. The minimum Gasteiger partial charge on any atom is -0.312 e. The Morgan fingerprint density at radius 1 is 1.19 bits per heavy atom. The first-order valence-electron chi connectivity index (χ1n) is 8.20. The quantitative estimate of drug-likeness (QED) is 0.896. The first kappa shape index (κ1) is 15.0. The molecule has 0 aromatic heterocycles. The predicted molar refractivity (Wildman–Crippen MR) is 88.6 cm³/mol. The number of hydrogen-bond acceptors (Lipinski definition) is 3. The summed E-state index contributed by atoms with van der Waals surface area (Å²) >= 11 is 0. The molecule has 3 rings (SSSR count). The molecule has 2 unspecified atom stereocenters. The molecule has 1 aromatic rings. The van der Waals surface area contributed by atoms with Crippen LogP contribution in [0.15, 0.2) is 24.3 Å². The Kier molecular flexibility index (Phi) is 4.08. The lowest BCUT2D eigenvalue weighted by molar-refractivity contribution is 0.0128. The zero-order valence-electron chi connectivity index (χ0n) is 13.9. The van der Waals surface area contributed by atoms with E-state index in [1.807, 2.05) is 0 Å². The molecule has 3 nitrogen and oxygen atoms in total. The predicted octanol–water partition coefficient (Wildman–Crippen LogP) is 2.29. The Morgan fingerprint density at radius 3 is 2.48 bits per heavy atom. The van der Waals surface area contributed by atoms with Crippen LogP contribution in [0.2, 0.25) is 0 Å². The number of fused-ring (bicyclic) bond motifs is 1. The highest BCUT2D eigenvalue weighted by Gasteiger charge is 2.43. The van der Waals surface area contributed by atoms with Gasteiger partial charge < -0.3 is 10.2 Å². The molecule has 21 heavy (non-hydrogen) atoms. The zero-order valence-corrected chi connectivity index (χ0v) is 13.9. The van der Waals surface area contributed by atoms with Crippen LogP contribution < -0.4 is 5.32 Å². The van der Waals surface area contributed by atoms with Gasteiger partial charge in [0, 0.05) is 24.2 Å². The monoisotopic (exact) mass is 287 g/mol. The van der Waals surface area contributed by atoms with Crippen LogP contribution in [-0.4, -0.2) is 56.1 Å². The Balaban J connectivity index is 1.75. The highest BCUT2D eigenvalue weighted by atomic mass is 15.3. The van der Waals surface area contributed by atoms with Gasteiger partial charge in [-0.1, -0.05) is 24.3 Å². The van der Waals surface area contributed by atoms with Gasteiger partial charge in [-0.2, -0.15) is 0 Å². The molecule has 0 amide bonds. The average Bonchev–Trinajstić information content (AvgIpc) is 2.80. The third kappa shape index (κ3) is 2.52. The van der Waals surface area contributed by atoms with Crippen molar-refractivity contribution in [3.05, 3.63) is 35.4 Å². The van der Waals surface area contributed by atoms with Crippen LogP contribution in [0.1, 0.15) is 36.4 Å². The lowest BCUT2D eigenvalue weighted by Crippen LogP contribution is -2.58. The van der Waals surface area contributed by atoms with E-state index in [9.17, 15) is 0 Å². The van der Waals surface area contributed by atoms with Gasteiger partial charge in [-0.15, -0.1) is 0 Å². The van der Waals surface area contributed by atoms with E-state index in [-0.39, 0.29) is 0 Å². The molecule has 0 heterocycles. The van der Waals surface area contributed by atoms with E-state index >= 15 is 0 Å². The number of benzene rings is 1. The summed E-state index contributed by atoms with van der Waals surface area (Å²) in [6, 6.07) is 9.95. The molecular weight excluding hydrogens is 258 g/mol. The van der Waals surface area contributed by atoms with Crippen molar-refractivity contribution in [2.45, 2.75) is 43.3 Å². The van der Waals surface area contributed by atoms with Gasteiger partial charge in [0.05, 0.1) is 0 Å². The van der Waals surface area contributed by atoms with Gasteiger partial charge in [0.25, 0.3) is 0 Å². The van der Waals surface area contributed by atoms with Crippen LogP contribution in [0.25, 0.3) is 0 Å². The highest BCUT2D eigenvalue weighted by Crippen LogP contribution is 2.39. The molecule has 0 spiro atoms. The van der Waals surface area contributed by atoms with Gasteiger partial charge in [-0.25, -0.2) is 0 Å². The smallest absolute Gasteiger partial charge is 0.0481 e. The number of rotatable bonds is 5. The second-order valence-corrected chi connectivity index (χ2v) is 7.12. The normalized spacial score (nSPS) is 27.0. The van der Waals surface area contributed by atoms with Crippen LogP contribution in [0, 0.1) is 0 Å². The van der Waals surface area contributed by atoms with Crippen molar-refractivity contribution in [1.82, 2.24) is 15.1 Å². The molecule has 116 valence electrons. The molecule has 1 aromatic carbocycles. The number of nitrogens with one attached hydrogen (secondary N) is 1. The molecular formula is C18H29N3. The Labute approximate surface area is 129 Å². The van der Waals surface area contributed by atoms with Gasteiger partial charge in [0.2, 0.25) is 0 Å². The van der Waals surface area contributed by atoms with Crippen LogP contribution in [0.4, 0.5) is 0 Å². The van der Waals surface area contributed by atoms with E-state index in [0.717, 1.165) is 0 Å². The Hall–Kier alpha value is -0.900. The topological polar surface area (TPSA) is 18.5 Å². The lowest BCUT2D eigenvalue weighted by Gasteiger charge is -2.50. The van der Waals surface area contributed by atoms with E-state index in [1.54, 1.807) is 0 Å². The van der Waals surface area contributed by atoms with Crippen molar-refractivity contribution in [3.63, 3.8) is 0 Å². The molecule has 1 N–H and O–H groups in total. The molecule has 0 aliphatic heterocycles. The molecule has 0 radical (unpaired) electrons. The van der Waals surface area contributed by atoms with Gasteiger partial charge in [0.1, 0.15) is 0 Å². The molecule has 1 saturated carbocycles. The summed E-state index contributed by atoms with van der Waals surface area (Å²) in [5.74, 6) is 0. The van der Waals surface area contributed by atoms with Crippen LogP contribution in [-0.2, 0) is 6.42 Å². The van der Waals surface area contributed by atoms with E-state index in [2.05, 4.69) is 67.6 Å². The molecule has 2 atom stereocenters. The minimum atomic E-state index is 0.405. The molecule has 1 fully saturated rings. The summed E-state index contributed by atoms with van der Waals surface area (Å²) in [5.41, 5.74) is 3.41. The maximum atomic E-state index is 3.55.